The van der Waals surface area contributed by atoms with Crippen molar-refractivity contribution in [2.75, 3.05) is 25.9 Å². The third-order valence-corrected chi connectivity index (χ3v) is 7.07. The van der Waals surface area contributed by atoms with Crippen LogP contribution in [0.2, 0.25) is 0 Å². The maximum absolute atomic E-state index is 12.4. The molecule has 1 saturated heterocycles. The maximum Gasteiger partial charge on any atom is 0.253 e. The Morgan fingerprint density at radius 2 is 1.67 bits per heavy atom. The number of ether oxygens (including phenoxy) is 2. The van der Waals surface area contributed by atoms with Gasteiger partial charge in [0.1, 0.15) is 35.5 Å². The number of primary amides is 1. The van der Waals surface area contributed by atoms with E-state index in [9.17, 15) is 4.79 Å². The number of carbonyl (C=O) groups excluding carboxylic acids is 1. The number of nitrogens with two attached hydrogens (primary N) is 2. The lowest BCUT2D eigenvalue weighted by molar-refractivity contribution is 0.100. The molecule has 1 aliphatic rings. The Hall–Kier alpha value is -4.37. The summed E-state index contributed by atoms with van der Waals surface area (Å²) in [6.45, 7) is 6.17. The minimum absolute atomic E-state index is 0.243. The van der Waals surface area contributed by atoms with Gasteiger partial charge in [-0.05, 0) is 82.2 Å². The van der Waals surface area contributed by atoms with Crippen molar-refractivity contribution in [3.63, 3.8) is 0 Å². The second-order valence-electron chi connectivity index (χ2n) is 10.1. The van der Waals surface area contributed by atoms with Crippen LogP contribution in [0.1, 0.15) is 46.2 Å². The Kier molecular flexibility index (Phi) is 7.51. The van der Waals surface area contributed by atoms with Gasteiger partial charge in [-0.15, -0.1) is 0 Å². The zero-order valence-corrected chi connectivity index (χ0v) is 22.6. The first-order chi connectivity index (χ1) is 18.8. The molecule has 1 fully saturated rings. The summed E-state index contributed by atoms with van der Waals surface area (Å²) in [4.78, 5) is 23.1. The molecule has 0 radical (unpaired) electrons. The van der Waals surface area contributed by atoms with E-state index in [2.05, 4.69) is 21.9 Å². The van der Waals surface area contributed by atoms with E-state index in [1.807, 2.05) is 67.1 Å². The van der Waals surface area contributed by atoms with Crippen molar-refractivity contribution in [2.45, 2.75) is 39.3 Å². The summed E-state index contributed by atoms with van der Waals surface area (Å²) in [6.07, 6.45) is 7.43. The minimum Gasteiger partial charge on any atom is -0.489 e. The van der Waals surface area contributed by atoms with E-state index in [0.717, 1.165) is 54.0 Å². The third-order valence-electron chi connectivity index (χ3n) is 7.07. The molecular weight excluding hydrogens is 492 g/mol. The van der Waals surface area contributed by atoms with Crippen molar-refractivity contribution >= 4 is 11.7 Å². The predicted octanol–water partition coefficient (Wildman–Crippen LogP) is 4.88. The molecule has 0 atom stereocenters. The lowest BCUT2D eigenvalue weighted by Gasteiger charge is -2.30. The third kappa shape index (κ3) is 6.04. The van der Waals surface area contributed by atoms with E-state index in [0.29, 0.717) is 35.2 Å². The summed E-state index contributed by atoms with van der Waals surface area (Å²) < 4.78 is 14.1. The molecule has 9 heteroatoms. The fourth-order valence-corrected chi connectivity index (χ4v) is 4.95. The van der Waals surface area contributed by atoms with Crippen LogP contribution in [0.5, 0.6) is 17.2 Å². The number of rotatable bonds is 8. The van der Waals surface area contributed by atoms with Gasteiger partial charge in [0.25, 0.3) is 5.91 Å². The first kappa shape index (κ1) is 26.2. The fraction of sp³-hybridized carbons (Fsp3) is 0.300. The number of aryl methyl sites for hydroxylation is 2. The standard InChI is InChI=1S/C30H34N6O3/c1-19-12-25(38-18-21-15-33-20(2)34-16-21)14-26(13-19)39-24-6-4-22(5-7-24)27-17-36(29(31)28(27)30(32)37)23-8-10-35(3)11-9-23/h4-7,12-17,23H,8-11,18,31H2,1-3H3,(H2,32,37). The molecule has 4 aromatic rings. The second kappa shape index (κ2) is 11.2. The van der Waals surface area contributed by atoms with E-state index in [-0.39, 0.29) is 6.04 Å². The number of hydrogen-bond donors (Lipinski definition) is 2. The first-order valence-electron chi connectivity index (χ1n) is 13.1. The van der Waals surface area contributed by atoms with Crippen molar-refractivity contribution in [1.29, 1.82) is 0 Å². The Labute approximate surface area is 228 Å². The van der Waals surface area contributed by atoms with Gasteiger partial charge in [0.05, 0.1) is 5.56 Å². The van der Waals surface area contributed by atoms with E-state index in [1.54, 1.807) is 12.4 Å². The van der Waals surface area contributed by atoms with Gasteiger partial charge in [0.2, 0.25) is 0 Å². The van der Waals surface area contributed by atoms with Gasteiger partial charge in [-0.1, -0.05) is 12.1 Å². The average molecular weight is 527 g/mol. The van der Waals surface area contributed by atoms with Crippen molar-refractivity contribution in [3.8, 4) is 28.4 Å². The highest BCUT2D eigenvalue weighted by Gasteiger charge is 2.25. The van der Waals surface area contributed by atoms with Crippen LogP contribution >= 0.6 is 0 Å². The molecule has 5 rings (SSSR count). The lowest BCUT2D eigenvalue weighted by Crippen LogP contribution is -2.31. The Bertz CT molecular complexity index is 1460. The summed E-state index contributed by atoms with van der Waals surface area (Å²) in [6, 6.07) is 13.6. The summed E-state index contributed by atoms with van der Waals surface area (Å²) in [7, 11) is 2.12. The van der Waals surface area contributed by atoms with Gasteiger partial charge in [-0.25, -0.2) is 9.97 Å². The fourth-order valence-electron chi connectivity index (χ4n) is 4.95. The van der Waals surface area contributed by atoms with Crippen LogP contribution in [0.4, 0.5) is 5.82 Å². The molecule has 2 aromatic heterocycles. The number of benzene rings is 2. The second-order valence-corrected chi connectivity index (χ2v) is 10.1. The van der Waals surface area contributed by atoms with Crippen LogP contribution < -0.4 is 20.9 Å². The Morgan fingerprint density at radius 3 is 2.33 bits per heavy atom. The van der Waals surface area contributed by atoms with Crippen molar-refractivity contribution < 1.29 is 14.3 Å². The van der Waals surface area contributed by atoms with Gasteiger partial charge in [0, 0.05) is 41.8 Å². The monoisotopic (exact) mass is 526 g/mol. The molecule has 1 amide bonds. The molecule has 0 unspecified atom stereocenters. The van der Waals surface area contributed by atoms with Gasteiger partial charge < -0.3 is 30.4 Å². The van der Waals surface area contributed by atoms with Crippen molar-refractivity contribution in [2.24, 2.45) is 5.73 Å². The van der Waals surface area contributed by atoms with Crippen LogP contribution in [-0.4, -0.2) is 45.5 Å². The Morgan fingerprint density at radius 1 is 1.00 bits per heavy atom. The number of nitrogen functional groups attached to an aromatic ring is 1. The summed E-state index contributed by atoms with van der Waals surface area (Å²) >= 11 is 0. The van der Waals surface area contributed by atoms with Crippen molar-refractivity contribution in [3.05, 3.63) is 83.6 Å². The van der Waals surface area contributed by atoms with E-state index in [1.165, 1.54) is 0 Å². The minimum atomic E-state index is -0.529. The lowest BCUT2D eigenvalue weighted by atomic mass is 10.0. The predicted molar refractivity (Wildman–Crippen MR) is 151 cm³/mol. The molecule has 9 nitrogen and oxygen atoms in total. The SMILES string of the molecule is Cc1cc(OCc2cnc(C)nc2)cc(Oc2ccc(-c3cn(C4CCN(C)CC4)c(N)c3C(N)=O)cc2)c1. The summed E-state index contributed by atoms with van der Waals surface area (Å²) in [5, 5.41) is 0. The molecule has 0 aliphatic carbocycles. The number of carbonyl (C=O) groups is 1. The number of anilines is 1. The molecule has 4 N–H and O–H groups in total. The number of nitrogens with zero attached hydrogens (tertiary/aromatic N) is 4. The number of amides is 1. The molecule has 3 heterocycles. The number of aromatic nitrogens is 3. The molecule has 1 aliphatic heterocycles. The first-order valence-corrected chi connectivity index (χ1v) is 13.1. The number of hydrogen-bond acceptors (Lipinski definition) is 7. The van der Waals surface area contributed by atoms with Gasteiger partial charge in [0.15, 0.2) is 0 Å². The molecule has 39 heavy (non-hydrogen) atoms. The molecular formula is C30H34N6O3. The highest BCUT2D eigenvalue weighted by atomic mass is 16.5. The normalized spacial score (nSPS) is 14.3. The van der Waals surface area contributed by atoms with E-state index < -0.39 is 5.91 Å². The van der Waals surface area contributed by atoms with E-state index in [4.69, 9.17) is 20.9 Å². The van der Waals surface area contributed by atoms with Gasteiger partial charge >= 0.3 is 0 Å². The quantitative estimate of drug-likeness (QED) is 0.336. The number of piperidine rings is 1. The zero-order chi connectivity index (χ0) is 27.5. The molecule has 0 spiro atoms. The van der Waals surface area contributed by atoms with Crippen LogP contribution in [0, 0.1) is 13.8 Å². The highest BCUT2D eigenvalue weighted by Crippen LogP contribution is 2.36. The highest BCUT2D eigenvalue weighted by molar-refractivity contribution is 6.04. The largest absolute Gasteiger partial charge is 0.489 e. The Balaban J connectivity index is 1.32. The van der Waals surface area contributed by atoms with Crippen molar-refractivity contribution in [1.82, 2.24) is 19.4 Å². The van der Waals surface area contributed by atoms with E-state index >= 15 is 0 Å². The number of likely N-dealkylation sites (tertiary alicyclic amines) is 1. The van der Waals surface area contributed by atoms with Crippen LogP contribution in [0.15, 0.2) is 61.1 Å². The average Bonchev–Trinajstić information content (AvgIpc) is 3.26. The maximum atomic E-state index is 12.4. The van der Waals surface area contributed by atoms with Crippen LogP contribution in [-0.2, 0) is 6.61 Å². The molecule has 0 saturated carbocycles. The smallest absolute Gasteiger partial charge is 0.253 e. The molecule has 202 valence electrons. The van der Waals surface area contributed by atoms with Gasteiger partial charge in [-0.2, -0.15) is 0 Å². The molecule has 2 aromatic carbocycles. The summed E-state index contributed by atoms with van der Waals surface area (Å²) in [5.74, 6) is 2.63. The molecule has 0 bridgehead atoms. The van der Waals surface area contributed by atoms with Crippen LogP contribution in [0.25, 0.3) is 11.1 Å². The topological polar surface area (TPSA) is 122 Å². The summed E-state index contributed by atoms with van der Waals surface area (Å²) in [5.41, 5.74) is 16.1. The van der Waals surface area contributed by atoms with Crippen LogP contribution in [0.3, 0.4) is 0 Å². The van der Waals surface area contributed by atoms with Gasteiger partial charge in [-0.3, -0.25) is 4.79 Å². The zero-order valence-electron chi connectivity index (χ0n) is 22.6.